The molecule has 0 rings (SSSR count). The van der Waals surface area contributed by atoms with Crippen molar-refractivity contribution in [3.63, 3.8) is 0 Å². The van der Waals surface area contributed by atoms with Crippen molar-refractivity contribution in [3.8, 4) is 0 Å². The van der Waals surface area contributed by atoms with E-state index in [0.717, 1.165) is 83.5 Å². The van der Waals surface area contributed by atoms with E-state index in [1.54, 1.807) is 0 Å². The molecule has 0 bridgehead atoms. The minimum absolute atomic E-state index is 0.0712. The van der Waals surface area contributed by atoms with Gasteiger partial charge >= 0.3 is 17.9 Å². The number of hydrogen-bond donors (Lipinski definition) is 0. The summed E-state index contributed by atoms with van der Waals surface area (Å²) in [6.45, 7) is 6.57. The monoisotopic (exact) mass is 1020 g/mol. The SMILES string of the molecule is CC/C=C\C/C=C\C/C=C\CCCCCCCCCC(=O)OC(COC(=O)CCCCCCCCCCCC)COC(=O)CCCCCCCCCCCCCCCCCCCCCCCCCCCCCC. The Morgan fingerprint density at radius 3 is 0.836 bits per heavy atom. The van der Waals surface area contributed by atoms with E-state index in [0.29, 0.717) is 19.3 Å². The Balaban J connectivity index is 4.12. The van der Waals surface area contributed by atoms with Crippen molar-refractivity contribution in [3.05, 3.63) is 36.5 Å². The first-order valence-electron chi connectivity index (χ1n) is 32.5. The number of rotatable bonds is 60. The van der Waals surface area contributed by atoms with Gasteiger partial charge < -0.3 is 14.2 Å². The summed E-state index contributed by atoms with van der Waals surface area (Å²) in [5, 5.41) is 0. The van der Waals surface area contributed by atoms with Gasteiger partial charge in [0.2, 0.25) is 0 Å². The molecule has 0 saturated heterocycles. The molecule has 0 N–H and O–H groups in total. The topological polar surface area (TPSA) is 78.9 Å². The van der Waals surface area contributed by atoms with E-state index in [1.165, 1.54) is 231 Å². The first-order chi connectivity index (χ1) is 36.0. The number of hydrogen-bond acceptors (Lipinski definition) is 6. The van der Waals surface area contributed by atoms with Crippen LogP contribution in [0.3, 0.4) is 0 Å². The fraction of sp³-hybridized carbons (Fsp3) is 0.866. The molecule has 6 nitrogen and oxygen atoms in total. The molecule has 0 amide bonds. The molecule has 0 saturated carbocycles. The van der Waals surface area contributed by atoms with Crippen LogP contribution < -0.4 is 0 Å². The summed E-state index contributed by atoms with van der Waals surface area (Å²) in [6, 6.07) is 0. The highest BCUT2D eigenvalue weighted by Gasteiger charge is 2.19. The van der Waals surface area contributed by atoms with Crippen LogP contribution in [-0.4, -0.2) is 37.2 Å². The normalized spacial score (nSPS) is 12.2. The predicted molar refractivity (Wildman–Crippen MR) is 316 cm³/mol. The Bertz CT molecular complexity index is 1220. The van der Waals surface area contributed by atoms with Gasteiger partial charge in [0.1, 0.15) is 13.2 Å². The minimum Gasteiger partial charge on any atom is -0.462 e. The third-order valence-electron chi connectivity index (χ3n) is 14.7. The first-order valence-corrected chi connectivity index (χ1v) is 32.5. The molecule has 1 unspecified atom stereocenters. The summed E-state index contributed by atoms with van der Waals surface area (Å²) in [5.74, 6) is -0.861. The molecule has 0 aliphatic carbocycles. The van der Waals surface area contributed by atoms with Crippen molar-refractivity contribution >= 4 is 17.9 Å². The zero-order valence-electron chi connectivity index (χ0n) is 49.2. The number of unbranched alkanes of at least 4 members (excludes halogenated alkanes) is 43. The molecule has 0 aliphatic rings. The summed E-state index contributed by atoms with van der Waals surface area (Å²) in [7, 11) is 0. The molecular formula is C67H124O6. The number of carbonyl (C=O) groups excluding carboxylic acids is 3. The van der Waals surface area contributed by atoms with Gasteiger partial charge in [-0.25, -0.2) is 0 Å². The largest absolute Gasteiger partial charge is 0.462 e. The molecular weight excluding hydrogens is 901 g/mol. The lowest BCUT2D eigenvalue weighted by Crippen LogP contribution is -2.30. The number of esters is 3. The minimum atomic E-state index is -0.773. The van der Waals surface area contributed by atoms with Crippen molar-refractivity contribution < 1.29 is 28.6 Å². The highest BCUT2D eigenvalue weighted by Crippen LogP contribution is 2.18. The van der Waals surface area contributed by atoms with E-state index in [1.807, 2.05) is 0 Å². The standard InChI is InChI=1S/C67H124O6/c1-4-7-10-13-16-19-22-24-26-28-29-30-31-32-33-34-35-36-37-38-40-41-43-45-48-51-54-57-60-66(69)72-63-64(62-71-65(68)59-56-53-50-47-21-18-15-12-9-6-3)73-67(70)61-58-55-52-49-46-44-42-39-27-25-23-20-17-14-11-8-5-2/h8,11,17,20,25,27,64H,4-7,9-10,12-16,18-19,21-24,26,28-63H2,1-3H3/b11-8-,20-17-,27-25-. The van der Waals surface area contributed by atoms with Crippen LogP contribution >= 0.6 is 0 Å². The van der Waals surface area contributed by atoms with E-state index in [9.17, 15) is 14.4 Å². The Morgan fingerprint density at radius 2 is 0.534 bits per heavy atom. The molecule has 428 valence electrons. The quantitative estimate of drug-likeness (QED) is 0.0261. The third-order valence-corrected chi connectivity index (χ3v) is 14.7. The van der Waals surface area contributed by atoms with E-state index >= 15 is 0 Å². The number of carbonyl (C=O) groups is 3. The summed E-state index contributed by atoms with van der Waals surface area (Å²) >= 11 is 0. The summed E-state index contributed by atoms with van der Waals surface area (Å²) in [5.41, 5.74) is 0. The zero-order chi connectivity index (χ0) is 52.9. The van der Waals surface area contributed by atoms with Gasteiger partial charge in [0.05, 0.1) is 0 Å². The third kappa shape index (κ3) is 60.4. The Hall–Kier alpha value is -2.37. The van der Waals surface area contributed by atoms with Crippen LogP contribution in [0.1, 0.15) is 355 Å². The van der Waals surface area contributed by atoms with Crippen LogP contribution in [-0.2, 0) is 28.6 Å². The van der Waals surface area contributed by atoms with Crippen LogP contribution in [0.2, 0.25) is 0 Å². The lowest BCUT2D eigenvalue weighted by atomic mass is 10.0. The second-order valence-electron chi connectivity index (χ2n) is 22.0. The van der Waals surface area contributed by atoms with E-state index in [4.69, 9.17) is 14.2 Å². The summed E-state index contributed by atoms with van der Waals surface area (Å²) < 4.78 is 16.9. The maximum absolute atomic E-state index is 12.9. The van der Waals surface area contributed by atoms with Gasteiger partial charge in [0, 0.05) is 19.3 Å². The summed E-state index contributed by atoms with van der Waals surface area (Å²) in [6.07, 6.45) is 76.1. The van der Waals surface area contributed by atoms with Gasteiger partial charge in [0.25, 0.3) is 0 Å². The van der Waals surface area contributed by atoms with Gasteiger partial charge in [-0.1, -0.05) is 320 Å². The Morgan fingerprint density at radius 1 is 0.288 bits per heavy atom. The molecule has 6 heteroatoms. The van der Waals surface area contributed by atoms with Crippen LogP contribution in [0.25, 0.3) is 0 Å². The molecule has 0 heterocycles. The molecule has 0 aliphatic heterocycles. The smallest absolute Gasteiger partial charge is 0.306 e. The molecule has 0 spiro atoms. The number of ether oxygens (including phenoxy) is 3. The fourth-order valence-electron chi connectivity index (χ4n) is 9.81. The highest BCUT2D eigenvalue weighted by molar-refractivity contribution is 5.71. The zero-order valence-corrected chi connectivity index (χ0v) is 49.2. The van der Waals surface area contributed by atoms with Crippen molar-refractivity contribution in [2.24, 2.45) is 0 Å². The van der Waals surface area contributed by atoms with Gasteiger partial charge in [-0.2, -0.15) is 0 Å². The van der Waals surface area contributed by atoms with Crippen molar-refractivity contribution in [1.29, 1.82) is 0 Å². The maximum Gasteiger partial charge on any atom is 0.306 e. The van der Waals surface area contributed by atoms with Crippen molar-refractivity contribution in [2.75, 3.05) is 13.2 Å². The molecule has 0 fully saturated rings. The highest BCUT2D eigenvalue weighted by atomic mass is 16.6. The van der Waals surface area contributed by atoms with Gasteiger partial charge in [-0.05, 0) is 51.4 Å². The van der Waals surface area contributed by atoms with Gasteiger partial charge in [-0.15, -0.1) is 0 Å². The lowest BCUT2D eigenvalue weighted by molar-refractivity contribution is -0.167. The average Bonchev–Trinajstić information content (AvgIpc) is 3.39. The molecule has 1 atom stereocenters. The Labute approximate surface area is 455 Å². The Kier molecular flexibility index (Phi) is 60.2. The van der Waals surface area contributed by atoms with Crippen LogP contribution in [0.4, 0.5) is 0 Å². The first kappa shape index (κ1) is 70.6. The van der Waals surface area contributed by atoms with E-state index in [2.05, 4.69) is 57.2 Å². The predicted octanol–water partition coefficient (Wildman–Crippen LogP) is 22.0. The van der Waals surface area contributed by atoms with E-state index in [-0.39, 0.29) is 31.1 Å². The van der Waals surface area contributed by atoms with Gasteiger partial charge in [-0.3, -0.25) is 14.4 Å². The average molecular weight is 1030 g/mol. The molecule has 0 aromatic carbocycles. The molecule has 0 aromatic rings. The second kappa shape index (κ2) is 62.2. The van der Waals surface area contributed by atoms with Crippen LogP contribution in [0, 0.1) is 0 Å². The van der Waals surface area contributed by atoms with Gasteiger partial charge in [0.15, 0.2) is 6.10 Å². The fourth-order valence-corrected chi connectivity index (χ4v) is 9.81. The second-order valence-corrected chi connectivity index (χ2v) is 22.0. The molecule has 73 heavy (non-hydrogen) atoms. The molecule has 0 aromatic heterocycles. The number of allylic oxidation sites excluding steroid dienone is 6. The lowest BCUT2D eigenvalue weighted by Gasteiger charge is -2.18. The van der Waals surface area contributed by atoms with E-state index < -0.39 is 6.10 Å². The van der Waals surface area contributed by atoms with Crippen molar-refractivity contribution in [1.82, 2.24) is 0 Å². The molecule has 0 radical (unpaired) electrons. The van der Waals surface area contributed by atoms with Crippen molar-refractivity contribution in [2.45, 2.75) is 361 Å². The van der Waals surface area contributed by atoms with Crippen LogP contribution in [0.15, 0.2) is 36.5 Å². The summed E-state index contributed by atoms with van der Waals surface area (Å²) in [4.78, 5) is 38.2. The maximum atomic E-state index is 12.9. The van der Waals surface area contributed by atoms with Crippen LogP contribution in [0.5, 0.6) is 0 Å².